The minimum absolute atomic E-state index is 0.0737. The van der Waals surface area contributed by atoms with Crippen LogP contribution >= 0.6 is 46.4 Å². The minimum atomic E-state index is -0.696. The molecule has 1 heterocycles. The van der Waals surface area contributed by atoms with E-state index in [0.717, 1.165) is 12.1 Å². The molecule has 0 unspecified atom stereocenters. The quantitative estimate of drug-likeness (QED) is 0.724. The van der Waals surface area contributed by atoms with Crippen LogP contribution in [-0.4, -0.2) is 23.3 Å². The number of primary amides is 1. The van der Waals surface area contributed by atoms with Gasteiger partial charge in [0, 0.05) is 18.7 Å². The van der Waals surface area contributed by atoms with Crippen molar-refractivity contribution in [2.24, 2.45) is 5.73 Å². The van der Waals surface area contributed by atoms with Crippen molar-refractivity contribution < 1.29 is 14.0 Å². The molecule has 0 radical (unpaired) electrons. The zero-order valence-corrected chi connectivity index (χ0v) is 15.4. The highest BCUT2D eigenvalue weighted by molar-refractivity contribution is 6.52. The summed E-state index contributed by atoms with van der Waals surface area (Å²) in [5.74, 6) is -1.80. The number of carbonyl (C=O) groups is 2. The molecular weight excluding hydrogens is 415 g/mol. The van der Waals surface area contributed by atoms with Crippen LogP contribution in [0.1, 0.15) is 16.9 Å². The number of nitrogens with zero attached hydrogens (tertiary/aromatic N) is 2. The lowest BCUT2D eigenvalue weighted by atomic mass is 10.2. The van der Waals surface area contributed by atoms with E-state index in [1.54, 1.807) is 0 Å². The van der Waals surface area contributed by atoms with Gasteiger partial charge in [-0.3, -0.25) is 9.59 Å². The zero-order valence-electron chi connectivity index (χ0n) is 12.4. The first-order valence-corrected chi connectivity index (χ1v) is 8.29. The van der Waals surface area contributed by atoms with E-state index < -0.39 is 17.6 Å². The Morgan fingerprint density at radius 1 is 1.04 bits per heavy atom. The lowest BCUT2D eigenvalue weighted by Crippen LogP contribution is -2.35. The molecule has 0 fully saturated rings. The van der Waals surface area contributed by atoms with Crippen LogP contribution in [0.4, 0.5) is 10.1 Å². The molecule has 0 saturated heterocycles. The van der Waals surface area contributed by atoms with Crippen LogP contribution in [0.3, 0.4) is 0 Å². The van der Waals surface area contributed by atoms with Gasteiger partial charge in [0.05, 0.1) is 15.1 Å². The smallest absolute Gasteiger partial charge is 0.278 e. The molecule has 0 aliphatic rings. The van der Waals surface area contributed by atoms with Gasteiger partial charge < -0.3 is 10.6 Å². The molecule has 0 aliphatic carbocycles. The van der Waals surface area contributed by atoms with Crippen LogP contribution in [0.5, 0.6) is 0 Å². The summed E-state index contributed by atoms with van der Waals surface area (Å²) >= 11 is 23.7. The van der Waals surface area contributed by atoms with Crippen molar-refractivity contribution in [2.75, 3.05) is 11.4 Å². The lowest BCUT2D eigenvalue weighted by molar-refractivity contribution is -0.117. The Balaban J connectivity index is 2.48. The molecule has 5 nitrogen and oxygen atoms in total. The molecule has 25 heavy (non-hydrogen) atoms. The fourth-order valence-corrected chi connectivity index (χ4v) is 2.76. The van der Waals surface area contributed by atoms with Gasteiger partial charge in [-0.25, -0.2) is 9.37 Å². The number of benzene rings is 1. The summed E-state index contributed by atoms with van der Waals surface area (Å²) in [6.07, 6.45) is -0.129. The third-order valence-electron chi connectivity index (χ3n) is 3.15. The molecule has 0 saturated carbocycles. The van der Waals surface area contributed by atoms with Crippen molar-refractivity contribution in [3.8, 4) is 0 Å². The van der Waals surface area contributed by atoms with Gasteiger partial charge in [-0.15, -0.1) is 0 Å². The van der Waals surface area contributed by atoms with Gasteiger partial charge in [0.1, 0.15) is 11.0 Å². The molecule has 0 bridgehead atoms. The second-order valence-electron chi connectivity index (χ2n) is 4.84. The summed E-state index contributed by atoms with van der Waals surface area (Å²) in [5, 5.41) is -0.600. The van der Waals surface area contributed by atoms with Crippen molar-refractivity contribution in [3.05, 3.63) is 56.0 Å². The molecule has 1 aromatic carbocycles. The first-order chi connectivity index (χ1) is 11.7. The first kappa shape index (κ1) is 19.7. The second-order valence-corrected chi connectivity index (χ2v) is 6.33. The average Bonchev–Trinajstić information content (AvgIpc) is 2.57. The Morgan fingerprint density at radius 3 is 2.20 bits per heavy atom. The van der Waals surface area contributed by atoms with E-state index in [-0.39, 0.29) is 38.9 Å². The van der Waals surface area contributed by atoms with Gasteiger partial charge in [0.2, 0.25) is 5.91 Å². The number of pyridine rings is 1. The SMILES string of the molecule is NC(=O)CCN(C(=O)c1nc(Cl)c(Cl)c(Cl)c1Cl)c1ccc(F)cc1. The van der Waals surface area contributed by atoms with E-state index in [9.17, 15) is 14.0 Å². The number of carbonyl (C=O) groups excluding carboxylic acids is 2. The minimum Gasteiger partial charge on any atom is -0.370 e. The van der Waals surface area contributed by atoms with Crippen LogP contribution < -0.4 is 10.6 Å². The fourth-order valence-electron chi connectivity index (χ4n) is 1.95. The summed E-state index contributed by atoms with van der Waals surface area (Å²) in [6, 6.07) is 5.05. The normalized spacial score (nSPS) is 10.6. The number of halogens is 5. The summed E-state index contributed by atoms with van der Waals surface area (Å²) in [4.78, 5) is 29.0. The largest absolute Gasteiger partial charge is 0.370 e. The van der Waals surface area contributed by atoms with Crippen molar-refractivity contribution in [1.82, 2.24) is 4.98 Å². The third kappa shape index (κ3) is 4.52. The van der Waals surface area contributed by atoms with E-state index >= 15 is 0 Å². The number of rotatable bonds is 5. The highest BCUT2D eigenvalue weighted by Crippen LogP contribution is 2.36. The van der Waals surface area contributed by atoms with Crippen LogP contribution in [0.25, 0.3) is 0 Å². The van der Waals surface area contributed by atoms with E-state index in [0.29, 0.717) is 5.69 Å². The monoisotopic (exact) mass is 423 g/mol. The Morgan fingerprint density at radius 2 is 1.64 bits per heavy atom. The first-order valence-electron chi connectivity index (χ1n) is 6.78. The Hall–Kier alpha value is -1.60. The molecule has 2 rings (SSSR count). The fraction of sp³-hybridized carbons (Fsp3) is 0.133. The van der Waals surface area contributed by atoms with Gasteiger partial charge in [-0.1, -0.05) is 46.4 Å². The number of nitrogens with two attached hydrogens (primary N) is 1. The van der Waals surface area contributed by atoms with Gasteiger partial charge >= 0.3 is 0 Å². The van der Waals surface area contributed by atoms with E-state index in [4.69, 9.17) is 52.1 Å². The predicted octanol–water partition coefficient (Wildman–Crippen LogP) is 4.36. The van der Waals surface area contributed by atoms with Crippen molar-refractivity contribution in [1.29, 1.82) is 0 Å². The third-order valence-corrected chi connectivity index (χ3v) is 4.83. The molecule has 0 aliphatic heterocycles. The standard InChI is InChI=1S/C15H10Cl4FN3O2/c16-10-11(17)13(22-14(19)12(10)18)15(25)23(6-5-9(21)24)8-3-1-7(20)2-4-8/h1-4H,5-6H2,(H2,21,24). The maximum absolute atomic E-state index is 13.1. The topological polar surface area (TPSA) is 76.3 Å². The number of anilines is 1. The van der Waals surface area contributed by atoms with Gasteiger partial charge in [-0.2, -0.15) is 0 Å². The molecular formula is C15H10Cl4FN3O2. The van der Waals surface area contributed by atoms with Crippen LogP contribution in [0.15, 0.2) is 24.3 Å². The van der Waals surface area contributed by atoms with Gasteiger partial charge in [0.25, 0.3) is 5.91 Å². The Labute approximate surface area is 162 Å². The van der Waals surface area contributed by atoms with Gasteiger partial charge in [0.15, 0.2) is 5.69 Å². The second kappa shape index (κ2) is 8.19. The van der Waals surface area contributed by atoms with Crippen molar-refractivity contribution in [2.45, 2.75) is 6.42 Å². The number of hydrogen-bond acceptors (Lipinski definition) is 3. The lowest BCUT2D eigenvalue weighted by Gasteiger charge is -2.23. The summed E-state index contributed by atoms with van der Waals surface area (Å²) < 4.78 is 13.1. The van der Waals surface area contributed by atoms with Crippen LogP contribution in [-0.2, 0) is 4.79 Å². The summed E-state index contributed by atoms with van der Waals surface area (Å²) in [7, 11) is 0. The van der Waals surface area contributed by atoms with E-state index in [1.165, 1.54) is 17.0 Å². The molecule has 2 amide bonds. The molecule has 2 N–H and O–H groups in total. The Bertz CT molecular complexity index is 831. The number of amides is 2. The van der Waals surface area contributed by atoms with Gasteiger partial charge in [-0.05, 0) is 24.3 Å². The van der Waals surface area contributed by atoms with E-state index in [2.05, 4.69) is 4.98 Å². The molecule has 132 valence electrons. The maximum Gasteiger partial charge on any atom is 0.278 e. The maximum atomic E-state index is 13.1. The average molecular weight is 425 g/mol. The summed E-state index contributed by atoms with van der Waals surface area (Å²) in [5.41, 5.74) is 5.20. The molecule has 2 aromatic rings. The molecule has 1 aromatic heterocycles. The molecule has 0 atom stereocenters. The summed E-state index contributed by atoms with van der Waals surface area (Å²) in [6.45, 7) is -0.0737. The number of aromatic nitrogens is 1. The van der Waals surface area contributed by atoms with Crippen LogP contribution in [0, 0.1) is 5.82 Å². The van der Waals surface area contributed by atoms with Crippen molar-refractivity contribution >= 4 is 63.9 Å². The van der Waals surface area contributed by atoms with Crippen molar-refractivity contribution in [3.63, 3.8) is 0 Å². The zero-order chi connectivity index (χ0) is 18.7. The van der Waals surface area contributed by atoms with Crippen LogP contribution in [0.2, 0.25) is 20.2 Å². The highest BCUT2D eigenvalue weighted by atomic mass is 35.5. The highest BCUT2D eigenvalue weighted by Gasteiger charge is 2.26. The molecule has 0 spiro atoms. The predicted molar refractivity (Wildman–Crippen MR) is 96.2 cm³/mol. The van der Waals surface area contributed by atoms with E-state index in [1.807, 2.05) is 0 Å². The Kier molecular flexibility index (Phi) is 6.46. The number of hydrogen-bond donors (Lipinski definition) is 1. The molecule has 10 heteroatoms.